The summed E-state index contributed by atoms with van der Waals surface area (Å²) in [5, 5.41) is 19.3. The van der Waals surface area contributed by atoms with E-state index in [1.54, 1.807) is 37.4 Å². The van der Waals surface area contributed by atoms with Gasteiger partial charge in [-0.25, -0.2) is 4.79 Å². The van der Waals surface area contributed by atoms with Crippen LogP contribution in [0.4, 0.5) is 0 Å². The van der Waals surface area contributed by atoms with E-state index in [9.17, 15) is 9.90 Å². The van der Waals surface area contributed by atoms with Crippen LogP contribution in [0.1, 0.15) is 40.2 Å². The Bertz CT molecular complexity index is 1050. The van der Waals surface area contributed by atoms with E-state index in [4.69, 9.17) is 19.3 Å². The first kappa shape index (κ1) is 20.8. The van der Waals surface area contributed by atoms with Gasteiger partial charge in [0, 0.05) is 12.5 Å². The summed E-state index contributed by atoms with van der Waals surface area (Å²) in [4.78, 5) is 12.7. The van der Waals surface area contributed by atoms with Crippen LogP contribution >= 0.6 is 0 Å². The molecule has 1 fully saturated rings. The Balaban J connectivity index is 0.000000203. The van der Waals surface area contributed by atoms with E-state index in [1.165, 1.54) is 11.1 Å². The Morgan fingerprint density at radius 2 is 1.91 bits per heavy atom. The number of aromatic carboxylic acids is 1. The van der Waals surface area contributed by atoms with Gasteiger partial charge in [0.15, 0.2) is 11.5 Å². The fourth-order valence-corrected chi connectivity index (χ4v) is 5.58. The van der Waals surface area contributed by atoms with Crippen LogP contribution in [0.2, 0.25) is 0 Å². The molecule has 3 atom stereocenters. The van der Waals surface area contributed by atoms with E-state index in [2.05, 4.69) is 23.1 Å². The molecule has 1 saturated heterocycles. The number of benzene rings is 2. The monoisotopic (exact) mass is 437 g/mol. The standard InChI is InChI=1S/C18H21NO4.C7H6O2/c1-21-15-9-18-4-2-5-19(18)6-3-11-7-13-14(23-10-22-13)8-12(11)16(18)17(15)20;8-7(9)6-4-2-1-3-5-6/h7-9,16-17,20H,2-6,10H2,1H3;1-5H,(H,8,9)/t16-,17-,18+;/m1./s1. The van der Waals surface area contributed by atoms with Crippen molar-refractivity contribution in [2.45, 2.75) is 36.8 Å². The Hall–Kier alpha value is -3.03. The fourth-order valence-electron chi connectivity index (χ4n) is 5.58. The molecule has 1 aliphatic carbocycles. The minimum Gasteiger partial charge on any atom is -0.499 e. The molecule has 3 heterocycles. The molecule has 0 unspecified atom stereocenters. The zero-order chi connectivity index (χ0) is 22.3. The molecule has 168 valence electrons. The first-order valence-electron chi connectivity index (χ1n) is 10.9. The molecule has 2 N–H and O–H groups in total. The fraction of sp³-hybridized carbons (Fsp3) is 0.400. The van der Waals surface area contributed by atoms with E-state index in [0.717, 1.165) is 43.9 Å². The lowest BCUT2D eigenvalue weighted by molar-refractivity contribution is 0.0696. The molecule has 0 aromatic heterocycles. The number of methoxy groups -OCH3 is 1. The molecule has 2 aromatic carbocycles. The van der Waals surface area contributed by atoms with Crippen LogP contribution in [0.3, 0.4) is 0 Å². The summed E-state index contributed by atoms with van der Waals surface area (Å²) >= 11 is 0. The van der Waals surface area contributed by atoms with Gasteiger partial charge in [-0.1, -0.05) is 18.2 Å². The van der Waals surface area contributed by atoms with Gasteiger partial charge in [0.05, 0.1) is 18.2 Å². The number of carboxylic acid groups (broad SMARTS) is 1. The second kappa shape index (κ2) is 8.15. The Morgan fingerprint density at radius 3 is 2.59 bits per heavy atom. The van der Waals surface area contributed by atoms with Crippen LogP contribution in [0.5, 0.6) is 11.5 Å². The summed E-state index contributed by atoms with van der Waals surface area (Å²) in [7, 11) is 1.65. The molecule has 7 nitrogen and oxygen atoms in total. The van der Waals surface area contributed by atoms with Gasteiger partial charge in [-0.3, -0.25) is 4.90 Å². The first-order chi connectivity index (χ1) is 15.5. The molecule has 7 heteroatoms. The molecular weight excluding hydrogens is 410 g/mol. The van der Waals surface area contributed by atoms with Gasteiger partial charge in [-0.2, -0.15) is 0 Å². The summed E-state index contributed by atoms with van der Waals surface area (Å²) in [5.41, 5.74) is 2.66. The van der Waals surface area contributed by atoms with Crippen molar-refractivity contribution in [3.63, 3.8) is 0 Å². The van der Waals surface area contributed by atoms with Gasteiger partial charge >= 0.3 is 5.97 Å². The zero-order valence-corrected chi connectivity index (χ0v) is 18.0. The number of ether oxygens (including phenoxy) is 3. The van der Waals surface area contributed by atoms with Crippen LogP contribution in [-0.2, 0) is 11.2 Å². The lowest BCUT2D eigenvalue weighted by Gasteiger charge is -2.38. The highest BCUT2D eigenvalue weighted by atomic mass is 16.7. The minimum absolute atomic E-state index is 0.00644. The van der Waals surface area contributed by atoms with E-state index < -0.39 is 12.1 Å². The predicted molar refractivity (Wildman–Crippen MR) is 117 cm³/mol. The predicted octanol–water partition coefficient (Wildman–Crippen LogP) is 3.18. The summed E-state index contributed by atoms with van der Waals surface area (Å²) in [6, 6.07) is 12.5. The van der Waals surface area contributed by atoms with Crippen molar-refractivity contribution in [3.8, 4) is 11.5 Å². The first-order valence-corrected chi connectivity index (χ1v) is 10.9. The van der Waals surface area contributed by atoms with Crippen molar-refractivity contribution in [2.24, 2.45) is 0 Å². The van der Waals surface area contributed by atoms with Crippen molar-refractivity contribution in [1.29, 1.82) is 0 Å². The van der Waals surface area contributed by atoms with Crippen molar-refractivity contribution >= 4 is 5.97 Å². The SMILES string of the molecule is COC1=C[C@]23CCCN2CCc2cc4c(cc2[C@@H]3[C@@H]1O)OCO4.O=C(O)c1ccccc1. The number of carboxylic acids is 1. The smallest absolute Gasteiger partial charge is 0.335 e. The number of hydrogen-bond acceptors (Lipinski definition) is 6. The van der Waals surface area contributed by atoms with Crippen molar-refractivity contribution < 1.29 is 29.2 Å². The molecule has 0 radical (unpaired) electrons. The second-order valence-corrected chi connectivity index (χ2v) is 8.58. The molecule has 6 rings (SSSR count). The topological polar surface area (TPSA) is 88.5 Å². The maximum atomic E-state index is 11.0. The number of fused-ring (bicyclic) bond motifs is 3. The van der Waals surface area contributed by atoms with Crippen molar-refractivity contribution in [3.05, 3.63) is 71.0 Å². The average Bonchev–Trinajstić information content (AvgIpc) is 3.48. The normalized spacial score (nSPS) is 27.2. The zero-order valence-electron chi connectivity index (χ0n) is 18.0. The van der Waals surface area contributed by atoms with E-state index in [0.29, 0.717) is 11.3 Å². The lowest BCUT2D eigenvalue weighted by Crippen LogP contribution is -2.46. The third-order valence-electron chi connectivity index (χ3n) is 7.01. The van der Waals surface area contributed by atoms with E-state index in [1.807, 2.05) is 0 Å². The molecule has 0 amide bonds. The quantitative estimate of drug-likeness (QED) is 0.746. The second-order valence-electron chi connectivity index (χ2n) is 8.58. The maximum Gasteiger partial charge on any atom is 0.335 e. The van der Waals surface area contributed by atoms with E-state index >= 15 is 0 Å². The summed E-state index contributed by atoms with van der Waals surface area (Å²) < 4.78 is 16.6. The van der Waals surface area contributed by atoms with Crippen LogP contribution in [-0.4, -0.2) is 59.7 Å². The molecule has 0 saturated carbocycles. The molecule has 1 spiro atoms. The van der Waals surface area contributed by atoms with Gasteiger partial charge in [0.1, 0.15) is 11.9 Å². The molecule has 4 aliphatic rings. The number of rotatable bonds is 2. The highest BCUT2D eigenvalue weighted by Crippen LogP contribution is 2.54. The third kappa shape index (κ3) is 3.32. The van der Waals surface area contributed by atoms with Crippen LogP contribution in [0.15, 0.2) is 54.3 Å². The van der Waals surface area contributed by atoms with Gasteiger partial charge in [-0.05, 0) is 67.3 Å². The highest BCUT2D eigenvalue weighted by Gasteiger charge is 2.56. The lowest BCUT2D eigenvalue weighted by atomic mass is 9.78. The molecule has 32 heavy (non-hydrogen) atoms. The summed E-state index contributed by atoms with van der Waals surface area (Å²) in [6.45, 7) is 2.37. The summed E-state index contributed by atoms with van der Waals surface area (Å²) in [5.74, 6) is 1.45. The number of carbonyl (C=O) groups is 1. The maximum absolute atomic E-state index is 11.0. The van der Waals surface area contributed by atoms with Gasteiger partial charge in [0.25, 0.3) is 0 Å². The van der Waals surface area contributed by atoms with Crippen LogP contribution < -0.4 is 9.47 Å². The number of nitrogens with zero attached hydrogens (tertiary/aromatic N) is 1. The van der Waals surface area contributed by atoms with Gasteiger partial charge < -0.3 is 24.4 Å². The van der Waals surface area contributed by atoms with Crippen LogP contribution in [0, 0.1) is 0 Å². The largest absolute Gasteiger partial charge is 0.499 e. The van der Waals surface area contributed by atoms with Gasteiger partial charge in [0.2, 0.25) is 6.79 Å². The average molecular weight is 437 g/mol. The van der Waals surface area contributed by atoms with Crippen LogP contribution in [0.25, 0.3) is 0 Å². The molecule has 0 bridgehead atoms. The Labute approximate surface area is 186 Å². The van der Waals surface area contributed by atoms with Crippen molar-refractivity contribution in [1.82, 2.24) is 4.90 Å². The number of hydrogen-bond donors (Lipinski definition) is 2. The number of aliphatic hydroxyl groups excluding tert-OH is 1. The minimum atomic E-state index is -0.879. The van der Waals surface area contributed by atoms with Crippen molar-refractivity contribution in [2.75, 3.05) is 27.0 Å². The van der Waals surface area contributed by atoms with E-state index in [-0.39, 0.29) is 18.2 Å². The molecule has 3 aliphatic heterocycles. The summed E-state index contributed by atoms with van der Waals surface area (Å²) in [6.07, 6.45) is 4.78. The number of aliphatic hydroxyl groups is 1. The van der Waals surface area contributed by atoms with Gasteiger partial charge in [-0.15, -0.1) is 0 Å². The highest BCUT2D eigenvalue weighted by molar-refractivity contribution is 5.87. The molecular formula is C25H27NO6. The Morgan fingerprint density at radius 1 is 1.16 bits per heavy atom. The molecule has 2 aromatic rings. The third-order valence-corrected chi connectivity index (χ3v) is 7.01. The Kier molecular flexibility index (Phi) is 5.31.